The third kappa shape index (κ3) is 5.71. The number of nitrogens with one attached hydrogen (secondary N) is 3. The summed E-state index contributed by atoms with van der Waals surface area (Å²) in [5, 5.41) is 25.9. The molecule has 28 heavy (non-hydrogen) atoms. The fourth-order valence-corrected chi connectivity index (χ4v) is 2.43. The molecule has 1 heterocycles. The lowest BCUT2D eigenvalue weighted by molar-refractivity contribution is 0.0874. The summed E-state index contributed by atoms with van der Waals surface area (Å²) in [5.41, 5.74) is 5.36. The number of halogens is 1. The first kappa shape index (κ1) is 21.2. The topological polar surface area (TPSA) is 167 Å². The third-order valence-corrected chi connectivity index (χ3v) is 3.91. The number of anilines is 1. The van der Waals surface area contributed by atoms with E-state index in [4.69, 9.17) is 26.9 Å². The van der Waals surface area contributed by atoms with Crippen molar-refractivity contribution in [3.8, 4) is 0 Å². The van der Waals surface area contributed by atoms with Crippen LogP contribution in [0.5, 0.6) is 0 Å². The van der Waals surface area contributed by atoms with Crippen molar-refractivity contribution < 1.29 is 29.0 Å². The number of aliphatic hydroxyl groups is 2. The lowest BCUT2D eigenvalue weighted by atomic mass is 10.1. The van der Waals surface area contributed by atoms with E-state index in [1.165, 1.54) is 30.3 Å². The molecule has 1 aromatic carbocycles. The smallest absolute Gasteiger partial charge is 0.316 e. The molecule has 0 bridgehead atoms. The molecule has 0 radical (unpaired) electrons. The molecule has 7 N–H and O–H groups in total. The van der Waals surface area contributed by atoms with Crippen molar-refractivity contribution in [2.75, 3.05) is 18.5 Å². The Morgan fingerprint density at radius 1 is 1.14 bits per heavy atom. The molecular formula is C17H19ClN4O6. The van der Waals surface area contributed by atoms with Crippen LogP contribution >= 0.6 is 11.6 Å². The van der Waals surface area contributed by atoms with E-state index in [-0.39, 0.29) is 40.9 Å². The van der Waals surface area contributed by atoms with Gasteiger partial charge in [0.2, 0.25) is 0 Å². The van der Waals surface area contributed by atoms with Crippen molar-refractivity contribution in [3.63, 3.8) is 0 Å². The maximum atomic E-state index is 12.4. The van der Waals surface area contributed by atoms with Crippen LogP contribution in [0.4, 0.5) is 10.5 Å². The first-order valence-corrected chi connectivity index (χ1v) is 8.47. The minimum Gasteiger partial charge on any atom is -0.453 e. The van der Waals surface area contributed by atoms with Crippen LogP contribution in [0.15, 0.2) is 34.7 Å². The Hall–Kier alpha value is -3.08. The molecule has 2 rings (SSSR count). The van der Waals surface area contributed by atoms with Gasteiger partial charge in [0.05, 0.1) is 23.2 Å². The number of nitrogens with two attached hydrogens (primary N) is 1. The largest absolute Gasteiger partial charge is 0.453 e. The second kappa shape index (κ2) is 9.74. The van der Waals surface area contributed by atoms with Crippen molar-refractivity contribution in [3.05, 3.63) is 52.4 Å². The Morgan fingerprint density at radius 3 is 2.50 bits per heavy atom. The summed E-state index contributed by atoms with van der Waals surface area (Å²) in [7, 11) is 0. The molecule has 0 fully saturated rings. The van der Waals surface area contributed by atoms with Crippen molar-refractivity contribution in [2.24, 2.45) is 5.73 Å². The molecule has 10 nitrogen and oxygen atoms in total. The summed E-state index contributed by atoms with van der Waals surface area (Å²) in [4.78, 5) is 35.3. The van der Waals surface area contributed by atoms with E-state index < -0.39 is 30.5 Å². The highest BCUT2D eigenvalue weighted by Gasteiger charge is 2.18. The summed E-state index contributed by atoms with van der Waals surface area (Å²) >= 11 is 6.01. The quantitative estimate of drug-likeness (QED) is 0.369. The molecular weight excluding hydrogens is 392 g/mol. The van der Waals surface area contributed by atoms with Crippen LogP contribution in [-0.2, 0) is 6.61 Å². The standard InChI is InChI=1S/C17H19ClN4O6/c18-13-3-1-9(22-17(19)27)5-12(13)15(25)21-10(7-23)6-20-16(26)14-4-2-11(8-24)28-14/h1-5,10,23-24H,6-8H2,(H,20,26)(H,21,25)(H3,19,22,27)/t10-/m1/s1. The highest BCUT2D eigenvalue weighted by Crippen LogP contribution is 2.20. The minimum absolute atomic E-state index is 0.0136. The molecule has 2 aromatic rings. The number of amides is 4. The Labute approximate surface area is 164 Å². The number of hydrogen-bond acceptors (Lipinski definition) is 6. The Bertz CT molecular complexity index is 869. The molecule has 0 spiro atoms. The van der Waals surface area contributed by atoms with Crippen molar-refractivity contribution in [2.45, 2.75) is 12.6 Å². The average Bonchev–Trinajstić information content (AvgIpc) is 3.15. The maximum absolute atomic E-state index is 12.4. The van der Waals surface area contributed by atoms with E-state index >= 15 is 0 Å². The van der Waals surface area contributed by atoms with Gasteiger partial charge in [0.25, 0.3) is 11.8 Å². The van der Waals surface area contributed by atoms with Gasteiger partial charge in [-0.05, 0) is 30.3 Å². The second-order valence-electron chi connectivity index (χ2n) is 5.67. The summed E-state index contributed by atoms with van der Waals surface area (Å²) in [5.74, 6) is -0.971. The number of urea groups is 1. The fourth-order valence-electron chi connectivity index (χ4n) is 2.23. The van der Waals surface area contributed by atoms with Crippen LogP contribution in [0.2, 0.25) is 5.02 Å². The van der Waals surface area contributed by atoms with Crippen molar-refractivity contribution in [1.29, 1.82) is 0 Å². The maximum Gasteiger partial charge on any atom is 0.316 e. The molecule has 1 aromatic heterocycles. The van der Waals surface area contributed by atoms with Gasteiger partial charge in [0.1, 0.15) is 12.4 Å². The monoisotopic (exact) mass is 410 g/mol. The van der Waals surface area contributed by atoms with Crippen LogP contribution in [0.3, 0.4) is 0 Å². The van der Waals surface area contributed by atoms with E-state index in [0.717, 1.165) is 0 Å². The molecule has 0 saturated heterocycles. The van der Waals surface area contributed by atoms with Crippen LogP contribution in [0.1, 0.15) is 26.7 Å². The number of aliphatic hydroxyl groups excluding tert-OH is 2. The van der Waals surface area contributed by atoms with E-state index in [1.54, 1.807) is 0 Å². The van der Waals surface area contributed by atoms with Crippen LogP contribution in [-0.4, -0.2) is 47.3 Å². The fraction of sp³-hybridized carbons (Fsp3) is 0.235. The lowest BCUT2D eigenvalue weighted by Gasteiger charge is -2.17. The highest BCUT2D eigenvalue weighted by atomic mass is 35.5. The highest BCUT2D eigenvalue weighted by molar-refractivity contribution is 6.34. The molecule has 0 aliphatic carbocycles. The van der Waals surface area contributed by atoms with Gasteiger partial charge >= 0.3 is 6.03 Å². The van der Waals surface area contributed by atoms with Crippen molar-refractivity contribution >= 4 is 35.1 Å². The number of rotatable bonds is 8. The van der Waals surface area contributed by atoms with Gasteiger partial charge in [0, 0.05) is 12.2 Å². The Morgan fingerprint density at radius 2 is 1.89 bits per heavy atom. The van der Waals surface area contributed by atoms with E-state index in [0.29, 0.717) is 0 Å². The van der Waals surface area contributed by atoms with Gasteiger partial charge < -0.3 is 36.3 Å². The van der Waals surface area contributed by atoms with E-state index in [1.807, 2.05) is 0 Å². The molecule has 1 atom stereocenters. The lowest BCUT2D eigenvalue weighted by Crippen LogP contribution is -2.45. The number of hydrogen-bond donors (Lipinski definition) is 6. The predicted octanol–water partition coefficient (Wildman–Crippen LogP) is 0.437. The molecule has 150 valence electrons. The number of primary amides is 1. The van der Waals surface area contributed by atoms with Gasteiger partial charge in [-0.15, -0.1) is 0 Å². The third-order valence-electron chi connectivity index (χ3n) is 3.58. The first-order valence-electron chi connectivity index (χ1n) is 8.09. The molecule has 0 saturated carbocycles. The molecule has 0 aliphatic heterocycles. The normalized spacial score (nSPS) is 11.5. The number of carbonyl (C=O) groups is 3. The van der Waals surface area contributed by atoms with E-state index in [2.05, 4.69) is 16.0 Å². The van der Waals surface area contributed by atoms with Crippen molar-refractivity contribution in [1.82, 2.24) is 10.6 Å². The van der Waals surface area contributed by atoms with Gasteiger partial charge in [-0.3, -0.25) is 9.59 Å². The summed E-state index contributed by atoms with van der Waals surface area (Å²) in [6.45, 7) is -0.886. The predicted molar refractivity (Wildman–Crippen MR) is 100.0 cm³/mol. The summed E-state index contributed by atoms with van der Waals surface area (Å²) < 4.78 is 5.10. The molecule has 4 amide bonds. The van der Waals surface area contributed by atoms with Crippen LogP contribution < -0.4 is 21.7 Å². The molecule has 0 unspecified atom stereocenters. The number of furan rings is 1. The molecule has 0 aliphatic rings. The number of carbonyl (C=O) groups excluding carboxylic acids is 3. The SMILES string of the molecule is NC(=O)Nc1ccc(Cl)c(C(=O)N[C@@H](CO)CNC(=O)c2ccc(CO)o2)c1. The Kier molecular flexibility index (Phi) is 7.38. The van der Waals surface area contributed by atoms with Gasteiger partial charge in [-0.2, -0.15) is 0 Å². The average molecular weight is 411 g/mol. The van der Waals surface area contributed by atoms with Crippen LogP contribution in [0, 0.1) is 0 Å². The van der Waals surface area contributed by atoms with Gasteiger partial charge in [0.15, 0.2) is 5.76 Å². The van der Waals surface area contributed by atoms with E-state index in [9.17, 15) is 19.5 Å². The number of benzene rings is 1. The first-order chi connectivity index (χ1) is 13.3. The van der Waals surface area contributed by atoms with Gasteiger partial charge in [-0.1, -0.05) is 11.6 Å². The minimum atomic E-state index is -0.812. The zero-order valence-corrected chi connectivity index (χ0v) is 15.3. The summed E-state index contributed by atoms with van der Waals surface area (Å²) in [6.07, 6.45) is 0. The summed E-state index contributed by atoms with van der Waals surface area (Å²) in [6, 6.07) is 5.44. The van der Waals surface area contributed by atoms with Crippen LogP contribution in [0.25, 0.3) is 0 Å². The molecule has 11 heteroatoms. The Balaban J connectivity index is 1.99. The van der Waals surface area contributed by atoms with Gasteiger partial charge in [-0.25, -0.2) is 4.79 Å². The zero-order chi connectivity index (χ0) is 20.7. The second-order valence-corrected chi connectivity index (χ2v) is 6.08. The zero-order valence-electron chi connectivity index (χ0n) is 14.6.